The summed E-state index contributed by atoms with van der Waals surface area (Å²) in [4.78, 5) is 17.6. The van der Waals surface area contributed by atoms with E-state index in [-0.39, 0.29) is 5.69 Å². The summed E-state index contributed by atoms with van der Waals surface area (Å²) in [5.41, 5.74) is 1.42. The van der Waals surface area contributed by atoms with E-state index in [0.29, 0.717) is 24.6 Å². The number of ether oxygens (including phenoxy) is 1. The first-order valence-electron chi connectivity index (χ1n) is 7.85. The fourth-order valence-corrected chi connectivity index (χ4v) is 2.12. The zero-order valence-electron chi connectivity index (χ0n) is 14.0. The van der Waals surface area contributed by atoms with Crippen LogP contribution in [0.3, 0.4) is 0 Å². The van der Waals surface area contributed by atoms with Gasteiger partial charge >= 0.3 is 5.97 Å². The maximum Gasteiger partial charge on any atom is 0.354 e. The van der Waals surface area contributed by atoms with Crippen LogP contribution in [0.2, 0.25) is 0 Å². The zero-order valence-corrected chi connectivity index (χ0v) is 14.0. The van der Waals surface area contributed by atoms with Gasteiger partial charge in [-0.2, -0.15) is 0 Å². The zero-order chi connectivity index (χ0) is 17.4. The van der Waals surface area contributed by atoms with Crippen LogP contribution >= 0.6 is 0 Å². The van der Waals surface area contributed by atoms with Crippen molar-refractivity contribution in [3.63, 3.8) is 0 Å². The second kappa shape index (κ2) is 9.00. The molecule has 2 aromatic rings. The molecule has 0 radical (unpaired) electrons. The summed E-state index contributed by atoms with van der Waals surface area (Å²) in [5, 5.41) is 12.5. The minimum Gasteiger partial charge on any atom is -0.492 e. The molecule has 0 amide bonds. The van der Waals surface area contributed by atoms with Crippen LogP contribution in [0.1, 0.15) is 10.5 Å². The SMILES string of the molecule is CN(C)CCNCCOc1cc(C(=O)O)nc(-c2ccccc2)c1. The Kier molecular flexibility index (Phi) is 6.72. The highest BCUT2D eigenvalue weighted by molar-refractivity contribution is 5.86. The number of aromatic carboxylic acids is 1. The molecule has 1 aromatic heterocycles. The van der Waals surface area contributed by atoms with E-state index in [2.05, 4.69) is 15.2 Å². The van der Waals surface area contributed by atoms with Crippen molar-refractivity contribution in [2.24, 2.45) is 0 Å². The molecule has 0 bridgehead atoms. The normalized spacial score (nSPS) is 10.8. The molecule has 0 aliphatic rings. The van der Waals surface area contributed by atoms with Gasteiger partial charge in [0.2, 0.25) is 0 Å². The molecule has 24 heavy (non-hydrogen) atoms. The van der Waals surface area contributed by atoms with Gasteiger partial charge in [0.1, 0.15) is 12.4 Å². The number of benzene rings is 1. The van der Waals surface area contributed by atoms with Crippen molar-refractivity contribution < 1.29 is 14.6 Å². The molecule has 1 aromatic carbocycles. The highest BCUT2D eigenvalue weighted by Gasteiger charge is 2.11. The Bertz CT molecular complexity index is 660. The first-order valence-corrected chi connectivity index (χ1v) is 7.85. The molecule has 0 spiro atoms. The number of rotatable bonds is 9. The number of pyridine rings is 1. The Morgan fingerprint density at radius 3 is 2.62 bits per heavy atom. The second-order valence-electron chi connectivity index (χ2n) is 5.65. The van der Waals surface area contributed by atoms with Crippen molar-refractivity contribution >= 4 is 5.97 Å². The lowest BCUT2D eigenvalue weighted by Gasteiger charge is -2.12. The number of carboxylic acids is 1. The fraction of sp³-hybridized carbons (Fsp3) is 0.333. The van der Waals surface area contributed by atoms with Gasteiger partial charge < -0.3 is 20.1 Å². The van der Waals surface area contributed by atoms with Crippen LogP contribution < -0.4 is 10.1 Å². The number of likely N-dealkylation sites (N-methyl/N-ethyl adjacent to an activating group) is 1. The number of aromatic nitrogens is 1. The summed E-state index contributed by atoms with van der Waals surface area (Å²) in [6.45, 7) is 2.99. The summed E-state index contributed by atoms with van der Waals surface area (Å²) in [6.07, 6.45) is 0. The molecule has 2 N–H and O–H groups in total. The van der Waals surface area contributed by atoms with Gasteiger partial charge in [0.15, 0.2) is 5.69 Å². The number of nitrogens with zero attached hydrogens (tertiary/aromatic N) is 2. The van der Waals surface area contributed by atoms with E-state index in [1.165, 1.54) is 6.07 Å². The van der Waals surface area contributed by atoms with Crippen molar-refractivity contribution in [2.75, 3.05) is 40.3 Å². The highest BCUT2D eigenvalue weighted by atomic mass is 16.5. The van der Waals surface area contributed by atoms with Gasteiger partial charge in [-0.3, -0.25) is 0 Å². The predicted octanol–water partition coefficient (Wildman–Crippen LogP) is 1.98. The third kappa shape index (κ3) is 5.64. The largest absolute Gasteiger partial charge is 0.492 e. The first kappa shape index (κ1) is 17.9. The Hall–Kier alpha value is -2.44. The summed E-state index contributed by atoms with van der Waals surface area (Å²) < 4.78 is 5.69. The smallest absolute Gasteiger partial charge is 0.354 e. The Morgan fingerprint density at radius 2 is 1.96 bits per heavy atom. The number of hydrogen-bond donors (Lipinski definition) is 2. The number of hydrogen-bond acceptors (Lipinski definition) is 5. The minimum absolute atomic E-state index is 0.0214. The van der Waals surface area contributed by atoms with Crippen LogP contribution in [-0.2, 0) is 0 Å². The Balaban J connectivity index is 2.01. The summed E-state index contributed by atoms with van der Waals surface area (Å²) in [7, 11) is 4.04. The van der Waals surface area contributed by atoms with Gasteiger partial charge in [-0.1, -0.05) is 30.3 Å². The molecule has 0 aliphatic heterocycles. The third-order valence-electron chi connectivity index (χ3n) is 3.37. The van der Waals surface area contributed by atoms with Crippen molar-refractivity contribution in [2.45, 2.75) is 0 Å². The van der Waals surface area contributed by atoms with Gasteiger partial charge in [-0.15, -0.1) is 0 Å². The molecule has 6 heteroatoms. The fourth-order valence-electron chi connectivity index (χ4n) is 2.12. The molecule has 0 unspecified atom stereocenters. The van der Waals surface area contributed by atoms with Crippen molar-refractivity contribution in [3.8, 4) is 17.0 Å². The topological polar surface area (TPSA) is 74.7 Å². The summed E-state index contributed by atoms with van der Waals surface area (Å²) in [6, 6.07) is 12.7. The van der Waals surface area contributed by atoms with Gasteiger partial charge in [0.05, 0.1) is 5.69 Å². The average molecular weight is 329 g/mol. The number of carboxylic acid groups (broad SMARTS) is 1. The van der Waals surface area contributed by atoms with Crippen molar-refractivity contribution in [1.29, 1.82) is 0 Å². The van der Waals surface area contributed by atoms with Crippen LogP contribution in [0.5, 0.6) is 5.75 Å². The quantitative estimate of drug-likeness (QED) is 0.685. The van der Waals surface area contributed by atoms with Gasteiger partial charge in [-0.05, 0) is 14.1 Å². The predicted molar refractivity (Wildman–Crippen MR) is 93.6 cm³/mol. The molecule has 128 valence electrons. The van der Waals surface area contributed by atoms with Crippen LogP contribution in [0, 0.1) is 0 Å². The van der Waals surface area contributed by atoms with E-state index in [9.17, 15) is 9.90 Å². The minimum atomic E-state index is -1.07. The molecular formula is C18H23N3O3. The van der Waals surface area contributed by atoms with Crippen molar-refractivity contribution in [1.82, 2.24) is 15.2 Å². The maximum absolute atomic E-state index is 11.3. The van der Waals surface area contributed by atoms with E-state index in [0.717, 1.165) is 18.7 Å². The molecule has 2 rings (SSSR count). The highest BCUT2D eigenvalue weighted by Crippen LogP contribution is 2.23. The molecular weight excluding hydrogens is 306 g/mol. The van der Waals surface area contributed by atoms with E-state index in [1.54, 1.807) is 6.07 Å². The van der Waals surface area contributed by atoms with Crippen LogP contribution in [-0.4, -0.2) is 61.3 Å². The van der Waals surface area contributed by atoms with Crippen LogP contribution in [0.4, 0.5) is 0 Å². The van der Waals surface area contributed by atoms with E-state index >= 15 is 0 Å². The van der Waals surface area contributed by atoms with E-state index in [1.807, 2.05) is 44.4 Å². The molecule has 0 saturated heterocycles. The lowest BCUT2D eigenvalue weighted by Crippen LogP contribution is -2.29. The monoisotopic (exact) mass is 329 g/mol. The molecule has 0 atom stereocenters. The molecule has 6 nitrogen and oxygen atoms in total. The lowest BCUT2D eigenvalue weighted by atomic mass is 10.1. The molecule has 0 saturated carbocycles. The number of nitrogens with one attached hydrogen (secondary N) is 1. The van der Waals surface area contributed by atoms with Crippen LogP contribution in [0.15, 0.2) is 42.5 Å². The van der Waals surface area contributed by atoms with Crippen LogP contribution in [0.25, 0.3) is 11.3 Å². The van der Waals surface area contributed by atoms with Gasteiger partial charge in [-0.25, -0.2) is 9.78 Å². The maximum atomic E-state index is 11.3. The number of carbonyl (C=O) groups is 1. The Labute approximate surface area is 142 Å². The third-order valence-corrected chi connectivity index (χ3v) is 3.37. The first-order chi connectivity index (χ1) is 11.6. The standard InChI is InChI=1S/C18H23N3O3/c1-21(2)10-8-19-9-11-24-15-12-16(14-6-4-3-5-7-14)20-17(13-15)18(22)23/h3-7,12-13,19H,8-11H2,1-2H3,(H,22,23). The van der Waals surface area contributed by atoms with E-state index < -0.39 is 5.97 Å². The lowest BCUT2D eigenvalue weighted by molar-refractivity contribution is 0.0690. The summed E-state index contributed by atoms with van der Waals surface area (Å²) in [5.74, 6) is -0.558. The Morgan fingerprint density at radius 1 is 1.21 bits per heavy atom. The molecule has 0 fully saturated rings. The van der Waals surface area contributed by atoms with E-state index in [4.69, 9.17) is 4.74 Å². The second-order valence-corrected chi connectivity index (χ2v) is 5.65. The van der Waals surface area contributed by atoms with Gasteiger partial charge in [0, 0.05) is 37.3 Å². The average Bonchev–Trinajstić information content (AvgIpc) is 2.58. The van der Waals surface area contributed by atoms with Crippen molar-refractivity contribution in [3.05, 3.63) is 48.2 Å². The molecule has 1 heterocycles. The summed E-state index contributed by atoms with van der Waals surface area (Å²) >= 11 is 0. The molecule has 0 aliphatic carbocycles. The van der Waals surface area contributed by atoms with Gasteiger partial charge in [0.25, 0.3) is 0 Å².